The first-order valence-electron chi connectivity index (χ1n) is 24.3. The average Bonchev–Trinajstić information content (AvgIpc) is 3.19. The highest BCUT2D eigenvalue weighted by atomic mass is 16.3. The number of hydrogen-bond acceptors (Lipinski definition) is 4. The summed E-state index contributed by atoms with van der Waals surface area (Å²) in [6, 6.07) is -0.824. The number of carbonyl (C=O) groups excluding carboxylic acids is 1. The minimum atomic E-state index is -1.16. The molecule has 0 fully saturated rings. The van der Waals surface area contributed by atoms with Crippen molar-refractivity contribution in [3.05, 3.63) is 36.5 Å². The molecule has 3 unspecified atom stereocenters. The molecule has 0 saturated heterocycles. The van der Waals surface area contributed by atoms with Crippen molar-refractivity contribution in [2.75, 3.05) is 6.61 Å². The highest BCUT2D eigenvalue weighted by molar-refractivity contribution is 5.76. The number of hydrogen-bond donors (Lipinski definition) is 4. The van der Waals surface area contributed by atoms with Crippen molar-refractivity contribution >= 4 is 5.91 Å². The Morgan fingerprint density at radius 2 is 0.782 bits per heavy atom. The molecule has 1 amide bonds. The Hall–Kier alpha value is -1.43. The van der Waals surface area contributed by atoms with E-state index < -0.39 is 18.2 Å². The largest absolute Gasteiger partial charge is 0.394 e. The quantitative estimate of drug-likeness (QED) is 0.0367. The second-order valence-electron chi connectivity index (χ2n) is 16.7. The van der Waals surface area contributed by atoms with Crippen molar-refractivity contribution in [1.29, 1.82) is 0 Å². The van der Waals surface area contributed by atoms with Crippen LogP contribution in [0.2, 0.25) is 0 Å². The van der Waals surface area contributed by atoms with E-state index in [0.29, 0.717) is 12.8 Å². The third-order valence-electron chi connectivity index (χ3n) is 11.2. The molecule has 0 radical (unpaired) electrons. The highest BCUT2D eigenvalue weighted by Gasteiger charge is 2.26. The maximum Gasteiger partial charge on any atom is 0.220 e. The van der Waals surface area contributed by atoms with Gasteiger partial charge in [-0.1, -0.05) is 211 Å². The minimum absolute atomic E-state index is 0.155. The van der Waals surface area contributed by atoms with Gasteiger partial charge in [-0.2, -0.15) is 0 Å². The molecule has 0 heterocycles. The van der Waals surface area contributed by atoms with Gasteiger partial charge in [0.15, 0.2) is 0 Å². The van der Waals surface area contributed by atoms with E-state index >= 15 is 0 Å². The summed E-state index contributed by atoms with van der Waals surface area (Å²) in [4.78, 5) is 12.4. The third-order valence-corrected chi connectivity index (χ3v) is 11.2. The number of unbranched alkanes of at least 4 members (excludes halogenated alkanes) is 30. The number of nitrogens with one attached hydrogen (secondary N) is 1. The SMILES string of the molecule is CCCCCCC/C=C/CCCC(O)C(O)C(CO)NC(=O)CCCCCCCCCCCCCCCCC/C=C\C/C=C\CCCCCCCCCCC. The molecule has 0 spiro atoms. The van der Waals surface area contributed by atoms with Gasteiger partial charge in [-0.25, -0.2) is 0 Å². The van der Waals surface area contributed by atoms with Crippen LogP contribution in [0.15, 0.2) is 36.5 Å². The number of aliphatic hydroxyl groups excluding tert-OH is 3. The lowest BCUT2D eigenvalue weighted by Crippen LogP contribution is -2.50. The van der Waals surface area contributed by atoms with Crippen molar-refractivity contribution in [2.45, 2.75) is 270 Å². The Labute approximate surface area is 343 Å². The fourth-order valence-electron chi connectivity index (χ4n) is 7.43. The molecule has 0 rings (SSSR count). The Kier molecular flexibility index (Phi) is 44.1. The van der Waals surface area contributed by atoms with Crippen LogP contribution in [-0.2, 0) is 4.79 Å². The van der Waals surface area contributed by atoms with Crippen molar-refractivity contribution in [3.63, 3.8) is 0 Å². The van der Waals surface area contributed by atoms with Crippen molar-refractivity contribution < 1.29 is 20.1 Å². The maximum atomic E-state index is 12.4. The van der Waals surface area contributed by atoms with Crippen LogP contribution in [0.3, 0.4) is 0 Å². The number of carbonyl (C=O) groups is 1. The molecule has 4 N–H and O–H groups in total. The van der Waals surface area contributed by atoms with Gasteiger partial charge in [-0.3, -0.25) is 4.79 Å². The fraction of sp³-hybridized carbons (Fsp3) is 0.860. The van der Waals surface area contributed by atoms with Gasteiger partial charge in [0.2, 0.25) is 5.91 Å². The van der Waals surface area contributed by atoms with Gasteiger partial charge in [0.1, 0.15) is 6.10 Å². The molecule has 0 aliphatic heterocycles. The van der Waals surface area contributed by atoms with Gasteiger partial charge < -0.3 is 20.6 Å². The average molecular weight is 774 g/mol. The second-order valence-corrected chi connectivity index (χ2v) is 16.7. The van der Waals surface area contributed by atoms with E-state index in [9.17, 15) is 20.1 Å². The first kappa shape index (κ1) is 53.6. The molecule has 0 aromatic carbocycles. The van der Waals surface area contributed by atoms with E-state index in [1.165, 1.54) is 180 Å². The Bertz CT molecular complexity index is 855. The minimum Gasteiger partial charge on any atom is -0.394 e. The van der Waals surface area contributed by atoms with Crippen LogP contribution in [0, 0.1) is 0 Å². The predicted octanol–water partition coefficient (Wildman–Crippen LogP) is 14.3. The summed E-state index contributed by atoms with van der Waals surface area (Å²) in [6.07, 6.45) is 57.2. The lowest BCUT2D eigenvalue weighted by Gasteiger charge is -2.26. The van der Waals surface area contributed by atoms with Crippen LogP contribution < -0.4 is 5.32 Å². The first-order chi connectivity index (χ1) is 27.1. The monoisotopic (exact) mass is 774 g/mol. The van der Waals surface area contributed by atoms with Gasteiger partial charge in [0.05, 0.1) is 18.8 Å². The van der Waals surface area contributed by atoms with E-state index in [1.807, 2.05) is 0 Å². The molecule has 0 aromatic rings. The summed E-state index contributed by atoms with van der Waals surface area (Å²) in [6.45, 7) is 4.14. The lowest BCUT2D eigenvalue weighted by molar-refractivity contribution is -0.124. The molecule has 55 heavy (non-hydrogen) atoms. The zero-order chi connectivity index (χ0) is 40.1. The molecule has 0 aromatic heterocycles. The van der Waals surface area contributed by atoms with Crippen molar-refractivity contribution in [3.8, 4) is 0 Å². The van der Waals surface area contributed by atoms with E-state index in [1.54, 1.807) is 0 Å². The number of amides is 1. The summed E-state index contributed by atoms with van der Waals surface area (Å²) >= 11 is 0. The molecule has 5 nitrogen and oxygen atoms in total. The molecule has 5 heteroatoms. The molecule has 0 aliphatic rings. The third kappa shape index (κ3) is 40.6. The maximum absolute atomic E-state index is 12.4. The fourth-order valence-corrected chi connectivity index (χ4v) is 7.43. The second kappa shape index (κ2) is 45.3. The van der Waals surface area contributed by atoms with Gasteiger partial charge >= 0.3 is 0 Å². The molecule has 0 saturated carbocycles. The van der Waals surface area contributed by atoms with Crippen molar-refractivity contribution in [1.82, 2.24) is 5.32 Å². The molecule has 3 atom stereocenters. The summed E-state index contributed by atoms with van der Waals surface area (Å²) in [7, 11) is 0. The van der Waals surface area contributed by atoms with E-state index in [-0.39, 0.29) is 12.5 Å². The standard InChI is InChI=1S/C50H95NO4/c1-3-5-7-9-11-13-15-16-17-18-19-20-21-22-23-24-25-26-27-28-29-30-31-32-33-34-35-37-39-41-43-45-49(54)51-47(46-52)50(55)48(53)44-42-40-38-36-14-12-10-8-6-4-2/h19-20,22-23,36,38,47-48,50,52-53,55H,3-18,21,24-35,37,39-46H2,1-2H3,(H,51,54)/b20-19-,23-22-,38-36+. The molecular weight excluding hydrogens is 679 g/mol. The van der Waals surface area contributed by atoms with Gasteiger partial charge in [0.25, 0.3) is 0 Å². The number of rotatable bonds is 44. The summed E-state index contributed by atoms with van der Waals surface area (Å²) in [5, 5.41) is 33.4. The zero-order valence-corrected chi connectivity index (χ0v) is 36.8. The summed E-state index contributed by atoms with van der Waals surface area (Å²) in [5.41, 5.74) is 0. The van der Waals surface area contributed by atoms with Crippen LogP contribution in [0.1, 0.15) is 251 Å². The van der Waals surface area contributed by atoms with Gasteiger partial charge in [0, 0.05) is 6.42 Å². The molecule has 0 bridgehead atoms. The normalized spacial score (nSPS) is 13.8. The van der Waals surface area contributed by atoms with Crippen molar-refractivity contribution in [2.24, 2.45) is 0 Å². The first-order valence-corrected chi connectivity index (χ1v) is 24.3. The van der Waals surface area contributed by atoms with Crippen LogP contribution in [-0.4, -0.2) is 46.1 Å². The summed E-state index contributed by atoms with van der Waals surface area (Å²) in [5.74, 6) is -0.155. The molecular formula is C50H95NO4. The highest BCUT2D eigenvalue weighted by Crippen LogP contribution is 2.16. The van der Waals surface area contributed by atoms with Crippen LogP contribution >= 0.6 is 0 Å². The van der Waals surface area contributed by atoms with E-state index in [4.69, 9.17) is 0 Å². The smallest absolute Gasteiger partial charge is 0.220 e. The molecule has 324 valence electrons. The van der Waals surface area contributed by atoms with Crippen LogP contribution in [0.4, 0.5) is 0 Å². The number of aliphatic hydroxyl groups is 3. The van der Waals surface area contributed by atoms with Gasteiger partial charge in [-0.05, 0) is 70.6 Å². The van der Waals surface area contributed by atoms with Gasteiger partial charge in [-0.15, -0.1) is 0 Å². The van der Waals surface area contributed by atoms with Crippen LogP contribution in [0.25, 0.3) is 0 Å². The Balaban J connectivity index is 3.51. The topological polar surface area (TPSA) is 89.8 Å². The Morgan fingerprint density at radius 3 is 1.16 bits per heavy atom. The number of allylic oxidation sites excluding steroid dienone is 6. The summed E-state index contributed by atoms with van der Waals surface area (Å²) < 4.78 is 0. The molecule has 0 aliphatic carbocycles. The predicted molar refractivity (Wildman–Crippen MR) is 241 cm³/mol. The Morgan fingerprint density at radius 1 is 0.455 bits per heavy atom. The van der Waals surface area contributed by atoms with E-state index in [0.717, 1.165) is 44.9 Å². The van der Waals surface area contributed by atoms with E-state index in [2.05, 4.69) is 55.6 Å². The lowest BCUT2D eigenvalue weighted by atomic mass is 10.0. The van der Waals surface area contributed by atoms with Crippen LogP contribution in [0.5, 0.6) is 0 Å². The zero-order valence-electron chi connectivity index (χ0n) is 36.8.